The maximum absolute atomic E-state index is 11.2. The van der Waals surface area contributed by atoms with Crippen LogP contribution >= 0.6 is 11.6 Å². The average Bonchev–Trinajstić information content (AvgIpc) is 2.84. The van der Waals surface area contributed by atoms with Gasteiger partial charge in [0.2, 0.25) is 0 Å². The Bertz CT molecular complexity index is 551. The number of aliphatic hydroxyl groups is 1. The summed E-state index contributed by atoms with van der Waals surface area (Å²) in [5, 5.41) is 14.2. The van der Waals surface area contributed by atoms with Crippen molar-refractivity contribution in [2.75, 3.05) is 7.11 Å². The molecule has 0 amide bonds. The number of carbonyl (C=O) groups excluding carboxylic acids is 1. The predicted molar refractivity (Wildman–Crippen MR) is 65.5 cm³/mol. The molecule has 0 aliphatic carbocycles. The quantitative estimate of drug-likeness (QED) is 0.860. The molecule has 1 aromatic carbocycles. The molecule has 0 fully saturated rings. The molecule has 1 heterocycles. The van der Waals surface area contributed by atoms with Crippen LogP contribution in [0.25, 0.3) is 5.69 Å². The molecule has 94 valence electrons. The van der Waals surface area contributed by atoms with Gasteiger partial charge in [-0.15, -0.1) is 0 Å². The maximum Gasteiger partial charge on any atom is 0.339 e. The summed E-state index contributed by atoms with van der Waals surface area (Å²) < 4.78 is 6.05. The molecule has 0 radical (unpaired) electrons. The lowest BCUT2D eigenvalue weighted by atomic mass is 10.1. The zero-order valence-electron chi connectivity index (χ0n) is 9.58. The van der Waals surface area contributed by atoms with Crippen LogP contribution in [0.5, 0.6) is 0 Å². The van der Waals surface area contributed by atoms with E-state index in [0.717, 1.165) is 5.69 Å². The number of hydrogen-bond donors (Lipinski definition) is 1. The lowest BCUT2D eigenvalue weighted by Crippen LogP contribution is -2.13. The summed E-state index contributed by atoms with van der Waals surface area (Å²) in [5.41, 5.74) is 1.24. The van der Waals surface area contributed by atoms with E-state index in [0.29, 0.717) is 10.6 Å². The third kappa shape index (κ3) is 2.52. The number of carbonyl (C=O) groups is 1. The first kappa shape index (κ1) is 12.6. The molecule has 0 bridgehead atoms. The van der Waals surface area contributed by atoms with Crippen LogP contribution in [0.15, 0.2) is 36.7 Å². The van der Waals surface area contributed by atoms with Crippen LogP contribution in [-0.4, -0.2) is 28.0 Å². The van der Waals surface area contributed by atoms with Crippen molar-refractivity contribution in [3.8, 4) is 5.69 Å². The molecule has 0 spiro atoms. The molecule has 2 aromatic rings. The second kappa shape index (κ2) is 5.20. The Hall–Kier alpha value is -1.85. The van der Waals surface area contributed by atoms with Crippen LogP contribution in [0.1, 0.15) is 11.7 Å². The van der Waals surface area contributed by atoms with Gasteiger partial charge in [0.05, 0.1) is 24.0 Å². The molecule has 1 aromatic heterocycles. The van der Waals surface area contributed by atoms with E-state index >= 15 is 0 Å². The number of nitrogens with zero attached hydrogens (tertiary/aromatic N) is 2. The van der Waals surface area contributed by atoms with Gasteiger partial charge >= 0.3 is 5.97 Å². The lowest BCUT2D eigenvalue weighted by molar-refractivity contribution is -0.150. The highest BCUT2D eigenvalue weighted by Gasteiger charge is 2.17. The van der Waals surface area contributed by atoms with Gasteiger partial charge in [0, 0.05) is 6.20 Å². The maximum atomic E-state index is 11.2. The number of ether oxygens (including phenoxy) is 1. The Labute approximate surface area is 109 Å². The van der Waals surface area contributed by atoms with Crippen LogP contribution in [0.2, 0.25) is 5.02 Å². The van der Waals surface area contributed by atoms with Crippen molar-refractivity contribution < 1.29 is 14.6 Å². The molecular formula is C12H11ClN2O3. The second-order valence-corrected chi connectivity index (χ2v) is 4.06. The largest absolute Gasteiger partial charge is 0.467 e. The van der Waals surface area contributed by atoms with Gasteiger partial charge in [-0.2, -0.15) is 5.10 Å². The highest BCUT2D eigenvalue weighted by atomic mass is 35.5. The van der Waals surface area contributed by atoms with Gasteiger partial charge in [0.15, 0.2) is 6.10 Å². The van der Waals surface area contributed by atoms with Crippen molar-refractivity contribution in [1.29, 1.82) is 0 Å². The molecule has 1 N–H and O–H groups in total. The molecular weight excluding hydrogens is 256 g/mol. The minimum Gasteiger partial charge on any atom is -0.467 e. The number of hydrogen-bond acceptors (Lipinski definition) is 4. The lowest BCUT2D eigenvalue weighted by Gasteiger charge is -2.09. The number of aromatic nitrogens is 2. The SMILES string of the molecule is COC(=O)C(O)c1ccc(-n2cc(Cl)cn2)cc1. The van der Waals surface area contributed by atoms with Gasteiger partial charge < -0.3 is 9.84 Å². The van der Waals surface area contributed by atoms with E-state index in [2.05, 4.69) is 9.84 Å². The second-order valence-electron chi connectivity index (χ2n) is 3.62. The van der Waals surface area contributed by atoms with E-state index in [9.17, 15) is 9.90 Å². The Balaban J connectivity index is 2.22. The zero-order valence-corrected chi connectivity index (χ0v) is 10.3. The Morgan fingerprint density at radius 2 is 2.11 bits per heavy atom. The smallest absolute Gasteiger partial charge is 0.339 e. The van der Waals surface area contributed by atoms with Crippen molar-refractivity contribution >= 4 is 17.6 Å². The molecule has 2 rings (SSSR count). The molecule has 5 nitrogen and oxygen atoms in total. The number of halogens is 1. The van der Waals surface area contributed by atoms with Crippen molar-refractivity contribution in [1.82, 2.24) is 9.78 Å². The van der Waals surface area contributed by atoms with E-state index in [1.54, 1.807) is 35.1 Å². The summed E-state index contributed by atoms with van der Waals surface area (Å²) >= 11 is 5.77. The van der Waals surface area contributed by atoms with Crippen molar-refractivity contribution in [2.24, 2.45) is 0 Å². The van der Waals surface area contributed by atoms with E-state index in [4.69, 9.17) is 11.6 Å². The van der Waals surface area contributed by atoms with Gasteiger partial charge in [0.1, 0.15) is 0 Å². The zero-order chi connectivity index (χ0) is 13.1. The summed E-state index contributed by atoms with van der Waals surface area (Å²) in [7, 11) is 1.23. The third-order valence-corrected chi connectivity index (χ3v) is 2.64. The van der Waals surface area contributed by atoms with E-state index in [1.807, 2.05) is 0 Å². The Morgan fingerprint density at radius 1 is 1.44 bits per heavy atom. The highest BCUT2D eigenvalue weighted by molar-refractivity contribution is 6.30. The summed E-state index contributed by atoms with van der Waals surface area (Å²) in [6, 6.07) is 6.72. The van der Waals surface area contributed by atoms with Crippen LogP contribution in [0.3, 0.4) is 0 Å². The number of methoxy groups -OCH3 is 1. The number of rotatable bonds is 3. The minimum atomic E-state index is -1.27. The molecule has 0 saturated heterocycles. The summed E-state index contributed by atoms with van der Waals surface area (Å²) in [6.07, 6.45) is 1.91. The number of benzene rings is 1. The molecule has 1 unspecified atom stereocenters. The number of esters is 1. The highest BCUT2D eigenvalue weighted by Crippen LogP contribution is 2.17. The van der Waals surface area contributed by atoms with Gasteiger partial charge in [-0.3, -0.25) is 0 Å². The monoisotopic (exact) mass is 266 g/mol. The fourth-order valence-corrected chi connectivity index (χ4v) is 1.64. The predicted octanol–water partition coefficient (Wildman–Crippen LogP) is 1.73. The molecule has 0 saturated carbocycles. The van der Waals surface area contributed by atoms with Crippen LogP contribution in [0, 0.1) is 0 Å². The molecule has 1 atom stereocenters. The Kier molecular flexibility index (Phi) is 3.64. The first-order valence-corrected chi connectivity index (χ1v) is 5.56. The summed E-state index contributed by atoms with van der Waals surface area (Å²) in [6.45, 7) is 0. The normalized spacial score (nSPS) is 12.2. The average molecular weight is 267 g/mol. The van der Waals surface area contributed by atoms with Gasteiger partial charge in [0.25, 0.3) is 0 Å². The van der Waals surface area contributed by atoms with E-state index in [-0.39, 0.29) is 0 Å². The van der Waals surface area contributed by atoms with Crippen molar-refractivity contribution in [2.45, 2.75) is 6.10 Å². The van der Waals surface area contributed by atoms with Crippen LogP contribution in [0.4, 0.5) is 0 Å². The fraction of sp³-hybridized carbons (Fsp3) is 0.167. The fourth-order valence-electron chi connectivity index (χ4n) is 1.50. The van der Waals surface area contributed by atoms with Gasteiger partial charge in [-0.1, -0.05) is 23.7 Å². The third-order valence-electron chi connectivity index (χ3n) is 2.45. The van der Waals surface area contributed by atoms with E-state index < -0.39 is 12.1 Å². The van der Waals surface area contributed by atoms with Crippen molar-refractivity contribution in [3.63, 3.8) is 0 Å². The topological polar surface area (TPSA) is 64.3 Å². The number of aliphatic hydroxyl groups excluding tert-OH is 1. The molecule has 6 heteroatoms. The molecule has 0 aliphatic heterocycles. The van der Waals surface area contributed by atoms with E-state index in [1.165, 1.54) is 13.3 Å². The standard InChI is InChI=1S/C12H11ClN2O3/c1-18-12(17)11(16)8-2-4-10(5-3-8)15-7-9(13)6-14-15/h2-7,11,16H,1H3. The van der Waals surface area contributed by atoms with Crippen LogP contribution in [-0.2, 0) is 9.53 Å². The minimum absolute atomic E-state index is 0.462. The molecule has 18 heavy (non-hydrogen) atoms. The first-order chi connectivity index (χ1) is 8.61. The molecule has 0 aliphatic rings. The Morgan fingerprint density at radius 3 is 2.61 bits per heavy atom. The van der Waals surface area contributed by atoms with Crippen LogP contribution < -0.4 is 0 Å². The van der Waals surface area contributed by atoms with Crippen molar-refractivity contribution in [3.05, 3.63) is 47.2 Å². The summed E-state index contributed by atoms with van der Waals surface area (Å²) in [5.74, 6) is -0.690. The summed E-state index contributed by atoms with van der Waals surface area (Å²) in [4.78, 5) is 11.2. The van der Waals surface area contributed by atoms with Gasteiger partial charge in [-0.25, -0.2) is 9.48 Å². The van der Waals surface area contributed by atoms with Gasteiger partial charge in [-0.05, 0) is 17.7 Å². The first-order valence-electron chi connectivity index (χ1n) is 5.18.